The Kier molecular flexibility index (Phi) is 9.18. The molecule has 9 nitrogen and oxygen atoms in total. The number of methoxy groups -OCH3 is 2. The summed E-state index contributed by atoms with van der Waals surface area (Å²) in [6.45, 7) is -1.62. The van der Waals surface area contributed by atoms with E-state index < -0.39 is 29.3 Å². The first-order valence-electron chi connectivity index (χ1n) is 14.1. The number of allylic oxidation sites excluding steroid dienone is 1. The van der Waals surface area contributed by atoms with Gasteiger partial charge in [-0.2, -0.15) is 0 Å². The SMILES string of the molecule is C/C=C/P(OS(=O)(=O)ON1C(=O)N2C[C@H]1C=C(CCOC)[C@H]2COC)(c1ccccc1)(c1ccccc1)c1ccccc1. The summed E-state index contributed by atoms with van der Waals surface area (Å²) in [6, 6.07) is 26.4. The van der Waals surface area contributed by atoms with Gasteiger partial charge in [-0.05, 0) is 0 Å². The number of nitrogens with zero attached hydrogens (tertiary/aromatic N) is 2. The molecule has 0 aliphatic carbocycles. The number of hydroxylamine groups is 2. The van der Waals surface area contributed by atoms with E-state index in [9.17, 15) is 13.2 Å². The van der Waals surface area contributed by atoms with Crippen molar-refractivity contribution in [2.24, 2.45) is 0 Å². The summed E-state index contributed by atoms with van der Waals surface area (Å²) in [6.07, 6.45) is 4.24. The van der Waals surface area contributed by atoms with E-state index in [1.54, 1.807) is 25.2 Å². The van der Waals surface area contributed by atoms with Gasteiger partial charge in [0.05, 0.1) is 0 Å². The van der Waals surface area contributed by atoms with Gasteiger partial charge in [-0.1, -0.05) is 0 Å². The molecule has 2 bridgehead atoms. The second-order valence-corrected chi connectivity index (χ2v) is 16.0. The van der Waals surface area contributed by atoms with Crippen LogP contribution < -0.4 is 15.9 Å². The molecular weight excluding hydrogens is 587 g/mol. The fraction of sp³-hybridized carbons (Fsp3) is 0.281. The molecule has 0 spiro atoms. The Morgan fingerprint density at radius 2 is 1.40 bits per heavy atom. The molecule has 1 saturated heterocycles. The number of ether oxygens (including phenoxy) is 2. The quantitative estimate of drug-likeness (QED) is 0.207. The van der Waals surface area contributed by atoms with E-state index >= 15 is 0 Å². The number of fused-ring (bicyclic) bond motifs is 2. The van der Waals surface area contributed by atoms with E-state index in [1.807, 2.05) is 110 Å². The van der Waals surface area contributed by atoms with Gasteiger partial charge in [-0.15, -0.1) is 0 Å². The second-order valence-electron chi connectivity index (χ2n) is 10.4. The number of carbonyl (C=O) groups excluding carboxylic acids is 1. The van der Waals surface area contributed by atoms with Crippen molar-refractivity contribution >= 4 is 39.2 Å². The molecule has 11 heteroatoms. The van der Waals surface area contributed by atoms with Crippen molar-refractivity contribution in [2.75, 3.05) is 34.0 Å². The Balaban J connectivity index is 1.64. The molecule has 5 rings (SSSR count). The van der Waals surface area contributed by atoms with E-state index in [-0.39, 0.29) is 19.2 Å². The molecule has 1 fully saturated rings. The van der Waals surface area contributed by atoms with E-state index in [2.05, 4.69) is 0 Å². The molecule has 2 atom stereocenters. The van der Waals surface area contributed by atoms with Crippen LogP contribution in [0, 0.1) is 0 Å². The number of carbonyl (C=O) groups is 1. The monoisotopic (exact) mass is 624 g/mol. The fourth-order valence-electron chi connectivity index (χ4n) is 6.09. The summed E-state index contributed by atoms with van der Waals surface area (Å²) in [5, 5.41) is 2.88. The second kappa shape index (κ2) is 12.7. The predicted octanol–water partition coefficient (Wildman–Crippen LogP) is 4.26. The third kappa shape index (κ3) is 5.55. The van der Waals surface area contributed by atoms with Crippen LogP contribution in [0.5, 0.6) is 0 Å². The number of benzene rings is 3. The molecule has 0 unspecified atom stereocenters. The maximum absolute atomic E-state index is 14.3. The standard InChI is InChI=1S/C32H37N2O7PS/c1-4-22-42(28-14-8-5-9-15-28,29-16-10-6-11-17-29,30-18-12-7-13-19-30)41-43(36,37)40-34-27-23-26(20-21-38-2)31(25-39-3)33(24-27)32(34)35/h4-19,22-23,27,31H,20-21,24-25H2,1-3H3/b22-4+/t27-,31-/m1/s1. The van der Waals surface area contributed by atoms with Gasteiger partial charge in [0, 0.05) is 0 Å². The van der Waals surface area contributed by atoms with Crippen LogP contribution in [0.2, 0.25) is 0 Å². The zero-order valence-corrected chi connectivity index (χ0v) is 26.2. The van der Waals surface area contributed by atoms with Crippen LogP contribution in [0.4, 0.5) is 4.79 Å². The van der Waals surface area contributed by atoms with Crippen molar-refractivity contribution < 1.29 is 30.9 Å². The van der Waals surface area contributed by atoms with Gasteiger partial charge in [0.2, 0.25) is 0 Å². The summed E-state index contributed by atoms with van der Waals surface area (Å²) in [5.41, 5.74) is 0.920. The van der Waals surface area contributed by atoms with E-state index in [0.717, 1.165) is 10.6 Å². The summed E-state index contributed by atoms with van der Waals surface area (Å²) < 4.78 is 51.4. The summed E-state index contributed by atoms with van der Waals surface area (Å²) in [7, 11) is -1.71. The van der Waals surface area contributed by atoms with E-state index in [0.29, 0.717) is 28.9 Å². The van der Waals surface area contributed by atoms with Crippen LogP contribution >= 0.6 is 6.83 Å². The Hall–Kier alpha value is -3.37. The number of rotatable bonds is 13. The van der Waals surface area contributed by atoms with Gasteiger partial charge < -0.3 is 0 Å². The van der Waals surface area contributed by atoms with Gasteiger partial charge in [-0.3, -0.25) is 0 Å². The van der Waals surface area contributed by atoms with Crippen molar-refractivity contribution in [3.8, 4) is 0 Å². The minimum atomic E-state index is -4.88. The Bertz CT molecular complexity index is 1480. The first-order chi connectivity index (χ1) is 20.8. The predicted molar refractivity (Wildman–Crippen MR) is 169 cm³/mol. The molecule has 0 N–H and O–H groups in total. The molecule has 3 aromatic rings. The molecular formula is C32H37N2O7PS. The Morgan fingerprint density at radius 3 is 1.86 bits per heavy atom. The topological polar surface area (TPSA) is 94.6 Å². The molecule has 3 aromatic carbocycles. The molecule has 0 radical (unpaired) electrons. The van der Waals surface area contributed by atoms with E-state index in [4.69, 9.17) is 17.7 Å². The molecule has 2 aliphatic heterocycles. The zero-order chi connectivity index (χ0) is 30.5. The van der Waals surface area contributed by atoms with Crippen molar-refractivity contribution in [3.05, 3.63) is 115 Å². The van der Waals surface area contributed by atoms with Crippen LogP contribution in [0.1, 0.15) is 13.3 Å². The van der Waals surface area contributed by atoms with E-state index in [1.165, 1.54) is 0 Å². The van der Waals surface area contributed by atoms with Gasteiger partial charge in [0.15, 0.2) is 0 Å². The Morgan fingerprint density at radius 1 is 0.860 bits per heavy atom. The number of urea groups is 1. The normalized spacial score (nSPS) is 19.8. The van der Waals surface area contributed by atoms with Crippen molar-refractivity contribution in [1.82, 2.24) is 9.96 Å². The average Bonchev–Trinajstić information content (AvgIpc) is 3.27. The molecule has 228 valence electrons. The molecule has 2 heterocycles. The molecule has 2 amide bonds. The van der Waals surface area contributed by atoms with Gasteiger partial charge >= 0.3 is 254 Å². The van der Waals surface area contributed by atoms with Crippen molar-refractivity contribution in [1.29, 1.82) is 0 Å². The number of hydrogen-bond donors (Lipinski definition) is 0. The Labute approximate surface area is 253 Å². The van der Waals surface area contributed by atoms with Crippen LogP contribution in [0.15, 0.2) is 115 Å². The third-order valence-corrected chi connectivity index (χ3v) is 15.1. The van der Waals surface area contributed by atoms with Crippen molar-refractivity contribution in [3.63, 3.8) is 0 Å². The summed E-state index contributed by atoms with van der Waals surface area (Å²) in [5.74, 6) is 1.84. The fourth-order valence-corrected chi connectivity index (χ4v) is 13.6. The van der Waals surface area contributed by atoms with Crippen LogP contribution in [0.3, 0.4) is 0 Å². The number of amides is 2. The van der Waals surface area contributed by atoms with Crippen molar-refractivity contribution in [2.45, 2.75) is 25.4 Å². The van der Waals surface area contributed by atoms with Gasteiger partial charge in [-0.25, -0.2) is 0 Å². The average molecular weight is 625 g/mol. The zero-order valence-electron chi connectivity index (χ0n) is 24.5. The third-order valence-electron chi connectivity index (χ3n) is 7.91. The number of hydrogen-bond acceptors (Lipinski definition) is 7. The molecule has 0 saturated carbocycles. The molecule has 43 heavy (non-hydrogen) atoms. The minimum absolute atomic E-state index is 0.257. The summed E-state index contributed by atoms with van der Waals surface area (Å²) in [4.78, 5) is 15.2. The first-order valence-corrected chi connectivity index (χ1v) is 17.6. The molecule has 2 aliphatic rings. The summed E-state index contributed by atoms with van der Waals surface area (Å²) >= 11 is 0. The first kappa shape index (κ1) is 31.1. The van der Waals surface area contributed by atoms with Gasteiger partial charge in [0.25, 0.3) is 0 Å². The van der Waals surface area contributed by atoms with Gasteiger partial charge in [0.1, 0.15) is 0 Å². The van der Waals surface area contributed by atoms with Crippen LogP contribution in [-0.4, -0.2) is 70.5 Å². The maximum atomic E-state index is 14.3. The molecule has 0 aromatic heterocycles. The van der Waals surface area contributed by atoms with Crippen LogP contribution in [0.25, 0.3) is 0 Å². The van der Waals surface area contributed by atoms with Crippen LogP contribution in [-0.2, 0) is 28.1 Å².